The molecule has 0 bridgehead atoms. The van der Waals surface area contributed by atoms with Crippen LogP contribution in [0.5, 0.6) is 0 Å². The Morgan fingerprint density at radius 3 is 2.40 bits per heavy atom. The molecule has 3 heteroatoms. The van der Waals surface area contributed by atoms with Gasteiger partial charge in [0.25, 0.3) is 0 Å². The molecule has 0 amide bonds. The number of carbonyl (C=O) groups is 1. The van der Waals surface area contributed by atoms with Crippen LogP contribution in [0, 0.1) is 35.0 Å². The molecule has 3 nitrogen and oxygen atoms in total. The summed E-state index contributed by atoms with van der Waals surface area (Å²) in [6.45, 7) is 4.34. The van der Waals surface area contributed by atoms with E-state index in [0.29, 0.717) is 41.3 Å². The highest BCUT2D eigenvalue weighted by molar-refractivity contribution is 5.87. The third-order valence-corrected chi connectivity index (χ3v) is 9.78. The van der Waals surface area contributed by atoms with Gasteiger partial charge in [-0.2, -0.15) is 0 Å². The summed E-state index contributed by atoms with van der Waals surface area (Å²) < 4.78 is 0. The molecule has 1 aromatic carbocycles. The molecule has 0 radical (unpaired) electrons. The number of ketones is 1. The van der Waals surface area contributed by atoms with E-state index in [4.69, 9.17) is 0 Å². The van der Waals surface area contributed by atoms with Gasteiger partial charge in [-0.15, -0.1) is 0 Å². The lowest BCUT2D eigenvalue weighted by Gasteiger charge is -2.58. The lowest BCUT2D eigenvalue weighted by Crippen LogP contribution is -2.53. The van der Waals surface area contributed by atoms with Gasteiger partial charge >= 0.3 is 0 Å². The van der Waals surface area contributed by atoms with Gasteiger partial charge < -0.3 is 10.0 Å². The highest BCUT2D eigenvalue weighted by atomic mass is 16.3. The fourth-order valence-electron chi connectivity index (χ4n) is 8.34. The SMILES string of the molecule is CN(C)c1ccc([C@H]2C[C@]3(C)C(=O)CCC3C3CC[C@H]4C[C@](C)(O)CC[C@@H]4C32)cc1. The van der Waals surface area contributed by atoms with E-state index in [9.17, 15) is 9.90 Å². The van der Waals surface area contributed by atoms with E-state index in [-0.39, 0.29) is 5.41 Å². The van der Waals surface area contributed by atoms with Gasteiger partial charge in [-0.1, -0.05) is 19.1 Å². The van der Waals surface area contributed by atoms with Crippen LogP contribution in [-0.2, 0) is 4.79 Å². The molecule has 0 heterocycles. The molecule has 4 aliphatic carbocycles. The fraction of sp³-hybridized carbons (Fsp3) is 0.741. The summed E-state index contributed by atoms with van der Waals surface area (Å²) in [5, 5.41) is 10.8. The van der Waals surface area contributed by atoms with Crippen molar-refractivity contribution in [2.45, 2.75) is 76.7 Å². The number of anilines is 1. The van der Waals surface area contributed by atoms with Crippen molar-refractivity contribution in [1.82, 2.24) is 0 Å². The summed E-state index contributed by atoms with van der Waals surface area (Å²) in [7, 11) is 4.18. The molecule has 4 fully saturated rings. The third kappa shape index (κ3) is 3.15. The van der Waals surface area contributed by atoms with Crippen molar-refractivity contribution < 1.29 is 9.90 Å². The lowest BCUT2D eigenvalue weighted by molar-refractivity contribution is -0.137. The van der Waals surface area contributed by atoms with Gasteiger partial charge in [0.1, 0.15) is 5.78 Å². The van der Waals surface area contributed by atoms with Crippen molar-refractivity contribution in [3.63, 3.8) is 0 Å². The number of hydrogen-bond donors (Lipinski definition) is 1. The first-order chi connectivity index (χ1) is 14.2. The molecule has 0 saturated heterocycles. The summed E-state index contributed by atoms with van der Waals surface area (Å²) in [6.07, 6.45) is 8.48. The van der Waals surface area contributed by atoms with Gasteiger partial charge in [-0.3, -0.25) is 4.79 Å². The first-order valence-electron chi connectivity index (χ1n) is 12.2. The van der Waals surface area contributed by atoms with Crippen LogP contribution < -0.4 is 4.90 Å². The number of carbonyl (C=O) groups excluding carboxylic acids is 1. The van der Waals surface area contributed by atoms with Gasteiger partial charge in [-0.25, -0.2) is 0 Å². The Kier molecular flexibility index (Phi) is 4.85. The molecule has 3 unspecified atom stereocenters. The maximum atomic E-state index is 13.1. The predicted octanol–water partition coefficient (Wildman–Crippen LogP) is 5.42. The Bertz CT molecular complexity index is 813. The smallest absolute Gasteiger partial charge is 0.139 e. The Morgan fingerprint density at radius 1 is 0.967 bits per heavy atom. The molecule has 1 aromatic rings. The summed E-state index contributed by atoms with van der Waals surface area (Å²) in [5.74, 6) is 4.30. The second-order valence-corrected chi connectivity index (χ2v) is 11.8. The largest absolute Gasteiger partial charge is 0.390 e. The zero-order valence-electron chi connectivity index (χ0n) is 19.2. The second kappa shape index (κ2) is 7.08. The van der Waals surface area contributed by atoms with Crippen LogP contribution in [0.3, 0.4) is 0 Å². The Hall–Kier alpha value is -1.35. The Morgan fingerprint density at radius 2 is 1.70 bits per heavy atom. The Balaban J connectivity index is 1.53. The van der Waals surface area contributed by atoms with E-state index in [2.05, 4.69) is 50.2 Å². The van der Waals surface area contributed by atoms with E-state index in [0.717, 1.165) is 38.5 Å². The van der Waals surface area contributed by atoms with E-state index >= 15 is 0 Å². The fourth-order valence-corrected chi connectivity index (χ4v) is 8.34. The molecule has 164 valence electrons. The van der Waals surface area contributed by atoms with Crippen LogP contribution >= 0.6 is 0 Å². The molecule has 4 aliphatic rings. The number of benzene rings is 1. The molecule has 30 heavy (non-hydrogen) atoms. The molecular weight excluding hydrogens is 370 g/mol. The Labute approximate surface area is 182 Å². The van der Waals surface area contributed by atoms with Crippen molar-refractivity contribution in [3.05, 3.63) is 29.8 Å². The minimum absolute atomic E-state index is 0.126. The van der Waals surface area contributed by atoms with E-state index in [1.54, 1.807) is 0 Å². The molecule has 5 rings (SSSR count). The monoisotopic (exact) mass is 409 g/mol. The van der Waals surface area contributed by atoms with Crippen molar-refractivity contribution >= 4 is 11.5 Å². The van der Waals surface area contributed by atoms with Crippen LogP contribution in [0.15, 0.2) is 24.3 Å². The van der Waals surface area contributed by atoms with Crippen molar-refractivity contribution in [3.8, 4) is 0 Å². The van der Waals surface area contributed by atoms with Gasteiger partial charge in [0.15, 0.2) is 0 Å². The number of hydrogen-bond acceptors (Lipinski definition) is 3. The van der Waals surface area contributed by atoms with E-state index < -0.39 is 5.60 Å². The number of Topliss-reactive ketones (excluding diaryl/α,β-unsaturated/α-hetero) is 1. The highest BCUT2D eigenvalue weighted by Gasteiger charge is 2.60. The standard InChI is InChI=1S/C27H39NO2/c1-26(30)14-13-20-18(15-26)7-10-21-23-11-12-24(29)27(23,2)16-22(25(20)21)17-5-8-19(9-6-17)28(3)4/h5-6,8-9,18,20-23,25,30H,7,10-16H2,1-4H3/t18-,20-,21?,22+,23?,25?,26+,27-/m0/s1. The van der Waals surface area contributed by atoms with Gasteiger partial charge in [0, 0.05) is 31.6 Å². The van der Waals surface area contributed by atoms with Crippen molar-refractivity contribution in [1.29, 1.82) is 0 Å². The van der Waals surface area contributed by atoms with Crippen LogP contribution in [0.25, 0.3) is 0 Å². The summed E-state index contributed by atoms with van der Waals surface area (Å²) in [6, 6.07) is 9.17. The summed E-state index contributed by atoms with van der Waals surface area (Å²) in [5.41, 5.74) is 2.07. The molecule has 0 aromatic heterocycles. The number of nitrogens with zero attached hydrogens (tertiary/aromatic N) is 1. The zero-order chi connectivity index (χ0) is 21.3. The van der Waals surface area contributed by atoms with Crippen LogP contribution in [0.2, 0.25) is 0 Å². The first kappa shape index (κ1) is 20.5. The maximum absolute atomic E-state index is 13.1. The average molecular weight is 410 g/mol. The van der Waals surface area contributed by atoms with Crippen LogP contribution in [0.1, 0.15) is 76.7 Å². The molecular formula is C27H39NO2. The predicted molar refractivity (Wildman–Crippen MR) is 122 cm³/mol. The molecule has 4 saturated carbocycles. The molecule has 8 atom stereocenters. The summed E-state index contributed by atoms with van der Waals surface area (Å²) in [4.78, 5) is 15.2. The molecule has 0 spiro atoms. The average Bonchev–Trinajstić information content (AvgIpc) is 3.01. The second-order valence-electron chi connectivity index (χ2n) is 11.8. The topological polar surface area (TPSA) is 40.5 Å². The normalized spacial score (nSPS) is 45.4. The highest BCUT2D eigenvalue weighted by Crippen LogP contribution is 2.65. The first-order valence-corrected chi connectivity index (χ1v) is 12.2. The third-order valence-electron chi connectivity index (χ3n) is 9.78. The summed E-state index contributed by atoms with van der Waals surface area (Å²) >= 11 is 0. The molecule has 1 N–H and O–H groups in total. The van der Waals surface area contributed by atoms with Crippen LogP contribution in [0.4, 0.5) is 5.69 Å². The van der Waals surface area contributed by atoms with Crippen molar-refractivity contribution in [2.24, 2.45) is 35.0 Å². The zero-order valence-corrected chi connectivity index (χ0v) is 19.2. The van der Waals surface area contributed by atoms with Gasteiger partial charge in [0.05, 0.1) is 5.60 Å². The number of fused-ring (bicyclic) bond motifs is 5. The van der Waals surface area contributed by atoms with Gasteiger partial charge in [0.2, 0.25) is 0 Å². The quantitative estimate of drug-likeness (QED) is 0.709. The number of rotatable bonds is 2. The van der Waals surface area contributed by atoms with Crippen LogP contribution in [-0.4, -0.2) is 30.6 Å². The lowest BCUT2D eigenvalue weighted by atomic mass is 9.46. The minimum atomic E-state index is -0.483. The maximum Gasteiger partial charge on any atom is 0.139 e. The van der Waals surface area contributed by atoms with Crippen molar-refractivity contribution in [2.75, 3.05) is 19.0 Å². The molecule has 0 aliphatic heterocycles. The minimum Gasteiger partial charge on any atom is -0.390 e. The van der Waals surface area contributed by atoms with E-state index in [1.807, 2.05) is 6.92 Å². The van der Waals surface area contributed by atoms with Gasteiger partial charge in [-0.05, 0) is 105 Å². The number of aliphatic hydroxyl groups is 1. The van der Waals surface area contributed by atoms with E-state index in [1.165, 1.54) is 24.1 Å².